The number of likely N-dealkylation sites (tertiary alicyclic amines) is 1. The Morgan fingerprint density at radius 2 is 2.10 bits per heavy atom. The number of esters is 1. The van der Waals surface area contributed by atoms with Gasteiger partial charge in [0.1, 0.15) is 0 Å². The average Bonchev–Trinajstić information content (AvgIpc) is 3.29. The monoisotopic (exact) mass is 428 g/mol. The molecule has 0 aliphatic carbocycles. The fraction of sp³-hybridized carbons (Fsp3) is 0.500. The maximum Gasteiger partial charge on any atom is 0.310 e. The molecule has 160 valence electrons. The van der Waals surface area contributed by atoms with Crippen LogP contribution in [0, 0.1) is 12.8 Å². The number of piperidine rings is 1. The lowest BCUT2D eigenvalue weighted by Crippen LogP contribution is -2.41. The van der Waals surface area contributed by atoms with Crippen molar-refractivity contribution in [3.8, 4) is 5.88 Å². The van der Waals surface area contributed by atoms with Gasteiger partial charge in [-0.2, -0.15) is 4.52 Å². The van der Waals surface area contributed by atoms with E-state index in [-0.39, 0.29) is 23.8 Å². The third-order valence-electron chi connectivity index (χ3n) is 5.64. The van der Waals surface area contributed by atoms with Crippen molar-refractivity contribution in [3.63, 3.8) is 0 Å². The number of benzene rings is 1. The first-order valence-electron chi connectivity index (χ1n) is 10.6. The molecule has 30 heavy (non-hydrogen) atoms. The number of rotatable bonds is 6. The van der Waals surface area contributed by atoms with Crippen LogP contribution in [0.4, 0.5) is 0 Å². The number of aryl methyl sites for hydroxylation is 2. The smallest absolute Gasteiger partial charge is 0.310 e. The van der Waals surface area contributed by atoms with Gasteiger partial charge in [-0.05, 0) is 38.8 Å². The van der Waals surface area contributed by atoms with E-state index in [9.17, 15) is 9.90 Å². The predicted octanol–water partition coefficient (Wildman–Crippen LogP) is 3.73. The van der Waals surface area contributed by atoms with Crippen LogP contribution in [0.25, 0.3) is 4.96 Å². The second kappa shape index (κ2) is 8.73. The van der Waals surface area contributed by atoms with Gasteiger partial charge < -0.3 is 9.84 Å². The molecular weight excluding hydrogens is 400 g/mol. The summed E-state index contributed by atoms with van der Waals surface area (Å²) in [5, 5.41) is 15.5. The normalized spacial score (nSPS) is 18.6. The van der Waals surface area contributed by atoms with E-state index in [2.05, 4.69) is 46.2 Å². The second-order valence-corrected chi connectivity index (χ2v) is 8.77. The van der Waals surface area contributed by atoms with Crippen LogP contribution < -0.4 is 0 Å². The average molecular weight is 429 g/mol. The van der Waals surface area contributed by atoms with Crippen LogP contribution in [-0.4, -0.2) is 50.3 Å². The van der Waals surface area contributed by atoms with Gasteiger partial charge >= 0.3 is 5.97 Å². The van der Waals surface area contributed by atoms with Crippen molar-refractivity contribution >= 4 is 22.3 Å². The van der Waals surface area contributed by atoms with Crippen molar-refractivity contribution < 1.29 is 14.6 Å². The summed E-state index contributed by atoms with van der Waals surface area (Å²) in [6.45, 7) is 7.74. The summed E-state index contributed by atoms with van der Waals surface area (Å²) in [5.74, 6) is 0.563. The Balaban J connectivity index is 1.73. The number of fused-ring (bicyclic) bond motifs is 1. The Kier molecular flexibility index (Phi) is 6.06. The molecule has 1 N–H and O–H groups in total. The highest BCUT2D eigenvalue weighted by Gasteiger charge is 2.35. The predicted molar refractivity (Wildman–Crippen MR) is 116 cm³/mol. The summed E-state index contributed by atoms with van der Waals surface area (Å²) in [5.41, 5.74) is 2.26. The highest BCUT2D eigenvalue weighted by molar-refractivity contribution is 7.17. The minimum absolute atomic E-state index is 0.131. The van der Waals surface area contributed by atoms with Crippen molar-refractivity contribution in [2.24, 2.45) is 5.92 Å². The molecule has 1 aromatic carbocycles. The van der Waals surface area contributed by atoms with Crippen molar-refractivity contribution in [3.05, 3.63) is 46.1 Å². The lowest BCUT2D eigenvalue weighted by molar-refractivity contribution is -0.150. The van der Waals surface area contributed by atoms with Gasteiger partial charge in [0.15, 0.2) is 5.82 Å². The van der Waals surface area contributed by atoms with Crippen LogP contribution in [0.5, 0.6) is 5.88 Å². The summed E-state index contributed by atoms with van der Waals surface area (Å²) < 4.78 is 6.82. The van der Waals surface area contributed by atoms with E-state index >= 15 is 0 Å². The number of ether oxygens (including phenoxy) is 1. The first-order chi connectivity index (χ1) is 14.5. The molecule has 1 saturated heterocycles. The number of aromatic hydroxyl groups is 1. The van der Waals surface area contributed by atoms with E-state index in [0.29, 0.717) is 18.1 Å². The second-order valence-electron chi connectivity index (χ2n) is 7.77. The van der Waals surface area contributed by atoms with Crippen molar-refractivity contribution in [1.29, 1.82) is 0 Å². The minimum atomic E-state index is -0.165. The molecule has 1 fully saturated rings. The number of hydrogen-bond donors (Lipinski definition) is 1. The van der Waals surface area contributed by atoms with Crippen LogP contribution in [0.3, 0.4) is 0 Å². The van der Waals surface area contributed by atoms with Gasteiger partial charge in [0.05, 0.1) is 23.4 Å². The zero-order chi connectivity index (χ0) is 21.3. The highest BCUT2D eigenvalue weighted by Crippen LogP contribution is 2.41. The van der Waals surface area contributed by atoms with Crippen molar-refractivity contribution in [1.82, 2.24) is 19.5 Å². The Bertz CT molecular complexity index is 1030. The highest BCUT2D eigenvalue weighted by atomic mass is 32.1. The fourth-order valence-corrected chi connectivity index (χ4v) is 5.22. The molecule has 0 radical (unpaired) electrons. The molecule has 4 rings (SSSR count). The summed E-state index contributed by atoms with van der Waals surface area (Å²) in [6, 6.07) is 8.19. The number of thiazole rings is 1. The van der Waals surface area contributed by atoms with Gasteiger partial charge in [-0.3, -0.25) is 9.69 Å². The standard InChI is InChI=1S/C22H28N4O3S/c1-4-17-23-22-26(24-17)20(27)19(30-22)18(15-10-8-14(3)9-11-15)25-12-6-7-16(13-25)21(28)29-5-2/h8-11,16,18,27H,4-7,12-13H2,1-3H3. The quantitative estimate of drug-likeness (QED) is 0.603. The minimum Gasteiger partial charge on any atom is -0.492 e. The van der Waals surface area contributed by atoms with Crippen LogP contribution in [0.2, 0.25) is 0 Å². The fourth-order valence-electron chi connectivity index (χ4n) is 4.09. The molecular formula is C22H28N4O3S. The Hall–Kier alpha value is -2.45. The lowest BCUT2D eigenvalue weighted by Gasteiger charge is -2.37. The van der Waals surface area contributed by atoms with Crippen molar-refractivity contribution in [2.45, 2.75) is 46.1 Å². The van der Waals surface area contributed by atoms with Crippen LogP contribution in [0.15, 0.2) is 24.3 Å². The lowest BCUT2D eigenvalue weighted by atomic mass is 9.94. The maximum absolute atomic E-state index is 12.4. The zero-order valence-corrected chi connectivity index (χ0v) is 18.5. The van der Waals surface area contributed by atoms with Gasteiger partial charge in [0.25, 0.3) is 0 Å². The first-order valence-corrected chi connectivity index (χ1v) is 11.4. The molecule has 2 aromatic heterocycles. The summed E-state index contributed by atoms with van der Waals surface area (Å²) in [6.07, 6.45) is 2.46. The van der Waals surface area contributed by atoms with E-state index in [0.717, 1.165) is 42.1 Å². The number of nitrogens with zero attached hydrogens (tertiary/aromatic N) is 4. The molecule has 0 bridgehead atoms. The maximum atomic E-state index is 12.4. The number of hydrogen-bond acceptors (Lipinski definition) is 7. The largest absolute Gasteiger partial charge is 0.492 e. The molecule has 3 aromatic rings. The van der Waals surface area contributed by atoms with Gasteiger partial charge in [0, 0.05) is 13.0 Å². The van der Waals surface area contributed by atoms with Gasteiger partial charge in [-0.15, -0.1) is 5.10 Å². The molecule has 2 atom stereocenters. The molecule has 7 nitrogen and oxygen atoms in total. The number of aromatic nitrogens is 3. The topological polar surface area (TPSA) is 80.0 Å². The van der Waals surface area contributed by atoms with Gasteiger partial charge in [-0.25, -0.2) is 4.98 Å². The molecule has 0 spiro atoms. The molecule has 3 heterocycles. The molecule has 1 aliphatic heterocycles. The van der Waals surface area contributed by atoms with Crippen LogP contribution >= 0.6 is 11.3 Å². The van der Waals surface area contributed by atoms with E-state index in [4.69, 9.17) is 4.74 Å². The van der Waals surface area contributed by atoms with Crippen LogP contribution in [0.1, 0.15) is 54.6 Å². The van der Waals surface area contributed by atoms with Gasteiger partial charge in [-0.1, -0.05) is 48.1 Å². The summed E-state index contributed by atoms with van der Waals surface area (Å²) >= 11 is 1.46. The summed E-state index contributed by atoms with van der Waals surface area (Å²) in [4.78, 5) is 20.7. The SMILES string of the molecule is CCOC(=O)C1CCCN(C(c2ccc(C)cc2)c2sc3nc(CC)nn3c2O)C1. The first kappa shape index (κ1) is 20.8. The van der Waals surface area contributed by atoms with Crippen molar-refractivity contribution in [2.75, 3.05) is 19.7 Å². The summed E-state index contributed by atoms with van der Waals surface area (Å²) in [7, 11) is 0. The molecule has 8 heteroatoms. The molecule has 2 unspecified atom stereocenters. The molecule has 0 amide bonds. The molecule has 1 aliphatic rings. The third kappa shape index (κ3) is 3.94. The Morgan fingerprint density at radius 3 is 2.77 bits per heavy atom. The zero-order valence-electron chi connectivity index (χ0n) is 17.7. The van der Waals surface area contributed by atoms with Gasteiger partial charge in [0.2, 0.25) is 10.8 Å². The number of carbonyl (C=O) groups is 1. The van der Waals surface area contributed by atoms with E-state index in [1.165, 1.54) is 21.4 Å². The Morgan fingerprint density at radius 1 is 1.33 bits per heavy atom. The Labute approximate surface area is 180 Å². The van der Waals surface area contributed by atoms with Crippen LogP contribution in [-0.2, 0) is 16.0 Å². The molecule has 0 saturated carbocycles. The van der Waals surface area contributed by atoms with E-state index in [1.807, 2.05) is 13.8 Å². The van der Waals surface area contributed by atoms with E-state index < -0.39 is 0 Å². The van der Waals surface area contributed by atoms with E-state index in [1.54, 1.807) is 0 Å². The third-order valence-corrected chi connectivity index (χ3v) is 6.71. The number of carbonyl (C=O) groups excluding carboxylic acids is 1.